The van der Waals surface area contributed by atoms with Crippen LogP contribution in [0.25, 0.3) is 22.2 Å². The molecule has 4 aromatic rings. The Balaban J connectivity index is 1.68. The van der Waals surface area contributed by atoms with Crippen LogP contribution in [-0.4, -0.2) is 56.4 Å². The predicted molar refractivity (Wildman–Crippen MR) is 147 cm³/mol. The molecule has 0 spiro atoms. The van der Waals surface area contributed by atoms with Crippen molar-refractivity contribution in [1.82, 2.24) is 9.88 Å². The number of carbonyl (C=O) groups is 1. The number of hydrogen-bond acceptors (Lipinski definition) is 6. The van der Waals surface area contributed by atoms with Crippen molar-refractivity contribution in [2.45, 2.75) is 25.5 Å². The van der Waals surface area contributed by atoms with Crippen molar-refractivity contribution >= 4 is 16.8 Å². The van der Waals surface area contributed by atoms with Crippen LogP contribution in [0.2, 0.25) is 0 Å². The number of pyridine rings is 1. The van der Waals surface area contributed by atoms with Crippen LogP contribution in [0.1, 0.15) is 28.8 Å². The van der Waals surface area contributed by atoms with Gasteiger partial charge in [0.25, 0.3) is 5.91 Å². The highest BCUT2D eigenvalue weighted by Crippen LogP contribution is 2.38. The minimum absolute atomic E-state index is 0.0970. The zero-order valence-electron chi connectivity index (χ0n) is 22.3. The first kappa shape index (κ1) is 26.4. The van der Waals surface area contributed by atoms with Crippen LogP contribution in [0.15, 0.2) is 66.7 Å². The number of rotatable bonds is 9. The van der Waals surface area contributed by atoms with Crippen molar-refractivity contribution in [1.29, 1.82) is 0 Å². The molecule has 3 aromatic carbocycles. The second kappa shape index (κ2) is 11.7. The molecule has 7 nitrogen and oxygen atoms in total. The molecule has 1 unspecified atom stereocenters. The average molecular weight is 531 g/mol. The van der Waals surface area contributed by atoms with Gasteiger partial charge in [-0.3, -0.25) is 4.79 Å². The van der Waals surface area contributed by atoms with Crippen LogP contribution in [0.3, 0.4) is 0 Å². The SMILES string of the molecule is COc1ccccc1-c1nc2c(OC)ccc(OC)c2cc1CN(CC1CCCO1)C(=O)c1cccc(F)c1. The molecule has 39 heavy (non-hydrogen) atoms. The lowest BCUT2D eigenvalue weighted by Crippen LogP contribution is -2.37. The quantitative estimate of drug-likeness (QED) is 0.269. The monoisotopic (exact) mass is 530 g/mol. The Labute approximate surface area is 227 Å². The summed E-state index contributed by atoms with van der Waals surface area (Å²) in [4.78, 5) is 20.5. The summed E-state index contributed by atoms with van der Waals surface area (Å²) in [5, 5.41) is 0.751. The third-order valence-electron chi connectivity index (χ3n) is 6.96. The van der Waals surface area contributed by atoms with E-state index in [0.29, 0.717) is 41.6 Å². The first-order valence-electron chi connectivity index (χ1n) is 12.9. The number of nitrogens with zero attached hydrogens (tertiary/aromatic N) is 2. The molecule has 0 N–H and O–H groups in total. The Hall–Kier alpha value is -4.17. The Morgan fingerprint density at radius 1 is 0.974 bits per heavy atom. The van der Waals surface area contributed by atoms with Crippen LogP contribution in [0, 0.1) is 5.82 Å². The van der Waals surface area contributed by atoms with Gasteiger partial charge in [-0.1, -0.05) is 18.2 Å². The number of methoxy groups -OCH3 is 3. The zero-order valence-corrected chi connectivity index (χ0v) is 22.3. The average Bonchev–Trinajstić information content (AvgIpc) is 3.48. The maximum absolute atomic E-state index is 14.1. The van der Waals surface area contributed by atoms with Crippen molar-refractivity contribution in [3.63, 3.8) is 0 Å². The fourth-order valence-corrected chi connectivity index (χ4v) is 5.05. The number of benzene rings is 3. The molecule has 1 aliphatic heterocycles. The largest absolute Gasteiger partial charge is 0.496 e. The number of ether oxygens (including phenoxy) is 4. The molecule has 1 atom stereocenters. The zero-order chi connectivity index (χ0) is 27.4. The van der Waals surface area contributed by atoms with E-state index in [4.69, 9.17) is 23.9 Å². The molecule has 202 valence electrons. The van der Waals surface area contributed by atoms with E-state index in [1.807, 2.05) is 42.5 Å². The molecule has 1 aromatic heterocycles. The van der Waals surface area contributed by atoms with Crippen LogP contribution < -0.4 is 14.2 Å². The molecule has 1 aliphatic rings. The number of aromatic nitrogens is 1. The summed E-state index contributed by atoms with van der Waals surface area (Å²) in [6, 6.07) is 19.0. The molecular formula is C31H31FN2O5. The summed E-state index contributed by atoms with van der Waals surface area (Å²) >= 11 is 0. The van der Waals surface area contributed by atoms with Gasteiger partial charge >= 0.3 is 0 Å². The molecule has 0 aliphatic carbocycles. The third kappa shape index (κ3) is 5.52. The molecule has 5 rings (SSSR count). The van der Waals surface area contributed by atoms with Gasteiger partial charge in [-0.05, 0) is 66.9 Å². The Morgan fingerprint density at radius 3 is 2.46 bits per heavy atom. The van der Waals surface area contributed by atoms with Gasteiger partial charge in [0.1, 0.15) is 28.6 Å². The summed E-state index contributed by atoms with van der Waals surface area (Å²) in [7, 11) is 4.81. The first-order chi connectivity index (χ1) is 19.0. The highest BCUT2D eigenvalue weighted by Gasteiger charge is 2.26. The standard InChI is InChI=1S/C31H31FN2O5/c1-36-26-12-5-4-11-24(26)29-21(17-25-27(37-2)13-14-28(38-3)30(25)33-29)18-34(19-23-10-7-15-39-23)31(35)20-8-6-9-22(32)16-20/h4-6,8-9,11-14,16-17,23H,7,10,15,18-19H2,1-3H3. The van der Waals surface area contributed by atoms with E-state index >= 15 is 0 Å². The van der Waals surface area contributed by atoms with Gasteiger partial charge in [0.15, 0.2) is 0 Å². The molecule has 0 saturated carbocycles. The third-order valence-corrected chi connectivity index (χ3v) is 6.96. The van der Waals surface area contributed by atoms with Gasteiger partial charge in [-0.2, -0.15) is 0 Å². The molecule has 1 saturated heterocycles. The minimum atomic E-state index is -0.461. The maximum Gasteiger partial charge on any atom is 0.254 e. The topological polar surface area (TPSA) is 70.1 Å². The summed E-state index contributed by atoms with van der Waals surface area (Å²) in [6.07, 6.45) is 1.70. The van der Waals surface area contributed by atoms with Gasteiger partial charge in [-0.25, -0.2) is 9.37 Å². The highest BCUT2D eigenvalue weighted by atomic mass is 19.1. The summed E-state index contributed by atoms with van der Waals surface area (Å²) in [5.41, 5.74) is 3.11. The first-order valence-corrected chi connectivity index (χ1v) is 12.9. The lowest BCUT2D eigenvalue weighted by Gasteiger charge is -2.27. The summed E-state index contributed by atoms with van der Waals surface area (Å²) in [5.74, 6) is 1.13. The van der Waals surface area contributed by atoms with Crippen molar-refractivity contribution in [2.75, 3.05) is 34.5 Å². The van der Waals surface area contributed by atoms with Gasteiger partial charge in [0.05, 0.1) is 33.1 Å². The van der Waals surface area contributed by atoms with E-state index in [9.17, 15) is 9.18 Å². The molecular weight excluding hydrogens is 499 g/mol. The molecule has 8 heteroatoms. The van der Waals surface area contributed by atoms with Crippen LogP contribution in [-0.2, 0) is 11.3 Å². The normalized spacial score (nSPS) is 14.8. The molecule has 1 amide bonds. The number of hydrogen-bond donors (Lipinski definition) is 0. The van der Waals surface area contributed by atoms with Crippen molar-refractivity contribution in [3.05, 3.63) is 83.7 Å². The smallest absolute Gasteiger partial charge is 0.254 e. The lowest BCUT2D eigenvalue weighted by molar-refractivity contribution is 0.0507. The van der Waals surface area contributed by atoms with Gasteiger partial charge < -0.3 is 23.8 Å². The molecule has 0 radical (unpaired) electrons. The van der Waals surface area contributed by atoms with E-state index in [1.165, 1.54) is 12.1 Å². The van der Waals surface area contributed by atoms with E-state index in [-0.39, 0.29) is 24.1 Å². The van der Waals surface area contributed by atoms with Crippen LogP contribution >= 0.6 is 0 Å². The molecule has 2 heterocycles. The summed E-state index contributed by atoms with van der Waals surface area (Å²) < 4.78 is 36.9. The van der Waals surface area contributed by atoms with Crippen LogP contribution in [0.4, 0.5) is 4.39 Å². The molecule has 0 bridgehead atoms. The number of amides is 1. The fourth-order valence-electron chi connectivity index (χ4n) is 5.05. The summed E-state index contributed by atoms with van der Waals surface area (Å²) in [6.45, 7) is 1.24. The van der Waals surface area contributed by atoms with Crippen molar-refractivity contribution in [3.8, 4) is 28.5 Å². The Bertz CT molecular complexity index is 1490. The van der Waals surface area contributed by atoms with Crippen LogP contribution in [0.5, 0.6) is 17.2 Å². The maximum atomic E-state index is 14.1. The van der Waals surface area contributed by atoms with Gasteiger partial charge in [-0.15, -0.1) is 0 Å². The fraction of sp³-hybridized carbons (Fsp3) is 0.290. The van der Waals surface area contributed by atoms with E-state index in [2.05, 4.69) is 0 Å². The van der Waals surface area contributed by atoms with E-state index in [1.54, 1.807) is 38.4 Å². The highest BCUT2D eigenvalue weighted by molar-refractivity contribution is 5.95. The number of halogens is 1. The Morgan fingerprint density at radius 2 is 1.74 bits per heavy atom. The molecule has 1 fully saturated rings. The number of para-hydroxylation sites is 1. The minimum Gasteiger partial charge on any atom is -0.496 e. The number of fused-ring (bicyclic) bond motifs is 1. The van der Waals surface area contributed by atoms with Gasteiger partial charge in [0, 0.05) is 36.2 Å². The number of carbonyl (C=O) groups excluding carboxylic acids is 1. The predicted octanol–water partition coefficient (Wildman–Crippen LogP) is 5.89. The second-order valence-corrected chi connectivity index (χ2v) is 9.39. The Kier molecular flexibility index (Phi) is 7.93. The lowest BCUT2D eigenvalue weighted by atomic mass is 10.0. The second-order valence-electron chi connectivity index (χ2n) is 9.39. The van der Waals surface area contributed by atoms with E-state index in [0.717, 1.165) is 29.4 Å². The van der Waals surface area contributed by atoms with Crippen molar-refractivity contribution < 1.29 is 28.1 Å². The van der Waals surface area contributed by atoms with Crippen molar-refractivity contribution in [2.24, 2.45) is 0 Å². The van der Waals surface area contributed by atoms with Gasteiger partial charge in [0.2, 0.25) is 0 Å². The van der Waals surface area contributed by atoms with E-state index < -0.39 is 5.82 Å².